The van der Waals surface area contributed by atoms with Crippen molar-refractivity contribution in [2.24, 2.45) is 5.41 Å². The quantitative estimate of drug-likeness (QED) is 0.897. The zero-order valence-corrected chi connectivity index (χ0v) is 11.8. The van der Waals surface area contributed by atoms with E-state index < -0.39 is 0 Å². The summed E-state index contributed by atoms with van der Waals surface area (Å²) in [5.41, 5.74) is 3.28. The molecule has 2 aliphatic rings. The van der Waals surface area contributed by atoms with Crippen LogP contribution in [0.3, 0.4) is 0 Å². The van der Waals surface area contributed by atoms with Crippen molar-refractivity contribution in [1.82, 2.24) is 5.32 Å². The van der Waals surface area contributed by atoms with Crippen LogP contribution in [0.1, 0.15) is 18.4 Å². The van der Waals surface area contributed by atoms with Crippen LogP contribution >= 0.6 is 0 Å². The number of hydrogen-bond acceptors (Lipinski definition) is 3. The molecule has 2 heterocycles. The van der Waals surface area contributed by atoms with Crippen molar-refractivity contribution in [2.75, 3.05) is 44.8 Å². The number of piperidine rings is 1. The highest BCUT2D eigenvalue weighted by Crippen LogP contribution is 2.35. The molecule has 0 atom stereocenters. The number of rotatable bonds is 4. The number of anilines is 1. The number of para-hydroxylation sites is 1. The topological polar surface area (TPSA) is 24.5 Å². The first-order chi connectivity index (χ1) is 9.33. The molecular formula is C16H24N2O. The van der Waals surface area contributed by atoms with E-state index in [1.165, 1.54) is 30.5 Å². The number of hydrogen-bond donors (Lipinski definition) is 1. The number of benzene rings is 1. The van der Waals surface area contributed by atoms with Crippen molar-refractivity contribution in [3.05, 3.63) is 29.8 Å². The van der Waals surface area contributed by atoms with E-state index in [1.807, 2.05) is 7.11 Å². The zero-order chi connectivity index (χ0) is 13.1. The molecule has 1 aromatic rings. The van der Waals surface area contributed by atoms with E-state index in [-0.39, 0.29) is 0 Å². The Bertz CT molecular complexity index is 421. The van der Waals surface area contributed by atoms with E-state index in [4.69, 9.17) is 4.74 Å². The molecule has 0 aromatic heterocycles. The monoisotopic (exact) mass is 260 g/mol. The van der Waals surface area contributed by atoms with Crippen molar-refractivity contribution in [3.8, 4) is 0 Å². The maximum Gasteiger partial charge on any atom is 0.0536 e. The second-order valence-corrected chi connectivity index (χ2v) is 5.98. The van der Waals surface area contributed by atoms with Gasteiger partial charge in [0, 0.05) is 31.3 Å². The molecule has 3 heteroatoms. The molecule has 0 unspecified atom stereocenters. The molecule has 1 fully saturated rings. The first-order valence-corrected chi connectivity index (χ1v) is 7.36. The van der Waals surface area contributed by atoms with Gasteiger partial charge in [-0.05, 0) is 44.0 Å². The van der Waals surface area contributed by atoms with Gasteiger partial charge in [-0.15, -0.1) is 0 Å². The molecule has 1 saturated heterocycles. The van der Waals surface area contributed by atoms with E-state index in [0.29, 0.717) is 5.41 Å². The highest BCUT2D eigenvalue weighted by molar-refractivity contribution is 5.57. The van der Waals surface area contributed by atoms with Crippen molar-refractivity contribution >= 4 is 5.69 Å². The number of nitrogens with one attached hydrogen (secondary N) is 1. The van der Waals surface area contributed by atoms with Gasteiger partial charge in [0.2, 0.25) is 0 Å². The molecule has 1 aromatic carbocycles. The lowest BCUT2D eigenvalue weighted by Crippen LogP contribution is -2.47. The van der Waals surface area contributed by atoms with E-state index in [9.17, 15) is 0 Å². The summed E-state index contributed by atoms with van der Waals surface area (Å²) in [5, 5.41) is 3.47. The predicted octanol–water partition coefficient (Wildman–Crippen LogP) is 2.07. The van der Waals surface area contributed by atoms with Crippen molar-refractivity contribution in [3.63, 3.8) is 0 Å². The van der Waals surface area contributed by atoms with E-state index in [0.717, 1.165) is 32.8 Å². The summed E-state index contributed by atoms with van der Waals surface area (Å²) >= 11 is 0. The molecule has 3 nitrogen and oxygen atoms in total. The van der Waals surface area contributed by atoms with Gasteiger partial charge in [0.25, 0.3) is 0 Å². The Morgan fingerprint density at radius 3 is 2.84 bits per heavy atom. The third kappa shape index (κ3) is 2.63. The van der Waals surface area contributed by atoms with Crippen molar-refractivity contribution < 1.29 is 4.74 Å². The van der Waals surface area contributed by atoms with Crippen LogP contribution in [0.15, 0.2) is 24.3 Å². The summed E-state index contributed by atoms with van der Waals surface area (Å²) in [4.78, 5) is 2.57. The van der Waals surface area contributed by atoms with Crippen LogP contribution in [0.5, 0.6) is 0 Å². The van der Waals surface area contributed by atoms with Crippen LogP contribution in [0.25, 0.3) is 0 Å². The normalized spacial score (nSPS) is 21.4. The molecular weight excluding hydrogens is 236 g/mol. The van der Waals surface area contributed by atoms with E-state index in [2.05, 4.69) is 34.5 Å². The number of methoxy groups -OCH3 is 1. The lowest BCUT2D eigenvalue weighted by molar-refractivity contribution is 0.0591. The highest BCUT2D eigenvalue weighted by Gasteiger charge is 2.35. The summed E-state index contributed by atoms with van der Waals surface area (Å²) in [6.07, 6.45) is 3.64. The summed E-state index contributed by atoms with van der Waals surface area (Å²) in [5.74, 6) is 0. The van der Waals surface area contributed by atoms with Crippen LogP contribution in [-0.4, -0.2) is 39.9 Å². The molecule has 0 amide bonds. The SMILES string of the molecule is COCC1(CN2CCc3ccccc32)CCNCC1. The number of nitrogens with zero attached hydrogens (tertiary/aromatic N) is 1. The molecule has 3 rings (SSSR count). The molecule has 2 aliphatic heterocycles. The fourth-order valence-corrected chi connectivity index (χ4v) is 3.59. The van der Waals surface area contributed by atoms with Crippen LogP contribution in [0, 0.1) is 5.41 Å². The van der Waals surface area contributed by atoms with Gasteiger partial charge in [0.05, 0.1) is 6.61 Å². The lowest BCUT2D eigenvalue weighted by Gasteiger charge is -2.40. The second kappa shape index (κ2) is 5.51. The van der Waals surface area contributed by atoms with Gasteiger partial charge in [-0.3, -0.25) is 0 Å². The van der Waals surface area contributed by atoms with Gasteiger partial charge >= 0.3 is 0 Å². The summed E-state index contributed by atoms with van der Waals surface area (Å²) in [6, 6.07) is 8.84. The Hall–Kier alpha value is -1.06. The minimum absolute atomic E-state index is 0.331. The number of fused-ring (bicyclic) bond motifs is 1. The Balaban J connectivity index is 1.76. The van der Waals surface area contributed by atoms with Gasteiger partial charge in [-0.1, -0.05) is 18.2 Å². The summed E-state index contributed by atoms with van der Waals surface area (Å²) < 4.78 is 5.53. The van der Waals surface area contributed by atoms with Crippen LogP contribution < -0.4 is 10.2 Å². The molecule has 0 spiro atoms. The molecule has 0 radical (unpaired) electrons. The van der Waals surface area contributed by atoms with E-state index >= 15 is 0 Å². The molecule has 0 aliphatic carbocycles. The first kappa shape index (κ1) is 12.9. The lowest BCUT2D eigenvalue weighted by atomic mass is 9.79. The highest BCUT2D eigenvalue weighted by atomic mass is 16.5. The first-order valence-electron chi connectivity index (χ1n) is 7.36. The molecule has 104 valence electrons. The predicted molar refractivity (Wildman–Crippen MR) is 78.8 cm³/mol. The third-order valence-corrected chi connectivity index (χ3v) is 4.62. The fraction of sp³-hybridized carbons (Fsp3) is 0.625. The van der Waals surface area contributed by atoms with Gasteiger partial charge in [-0.25, -0.2) is 0 Å². The Morgan fingerprint density at radius 1 is 1.26 bits per heavy atom. The molecule has 1 N–H and O–H groups in total. The maximum absolute atomic E-state index is 5.53. The zero-order valence-electron chi connectivity index (χ0n) is 11.8. The average molecular weight is 260 g/mol. The van der Waals surface area contributed by atoms with Gasteiger partial charge in [0.15, 0.2) is 0 Å². The van der Waals surface area contributed by atoms with Gasteiger partial charge in [0.1, 0.15) is 0 Å². The molecule has 19 heavy (non-hydrogen) atoms. The Labute approximate surface area is 115 Å². The van der Waals surface area contributed by atoms with Crippen LogP contribution in [-0.2, 0) is 11.2 Å². The minimum atomic E-state index is 0.331. The second-order valence-electron chi connectivity index (χ2n) is 5.98. The third-order valence-electron chi connectivity index (χ3n) is 4.62. The smallest absolute Gasteiger partial charge is 0.0536 e. The largest absolute Gasteiger partial charge is 0.384 e. The molecule has 0 saturated carbocycles. The summed E-state index contributed by atoms with van der Waals surface area (Å²) in [6.45, 7) is 5.43. The Morgan fingerprint density at radius 2 is 2.05 bits per heavy atom. The standard InChI is InChI=1S/C16H24N2O/c1-19-13-16(7-9-17-10-8-16)12-18-11-6-14-4-2-3-5-15(14)18/h2-5,17H,6-13H2,1H3. The average Bonchev–Trinajstić information content (AvgIpc) is 2.83. The minimum Gasteiger partial charge on any atom is -0.384 e. The number of ether oxygens (including phenoxy) is 1. The molecule has 0 bridgehead atoms. The van der Waals surface area contributed by atoms with Crippen molar-refractivity contribution in [1.29, 1.82) is 0 Å². The van der Waals surface area contributed by atoms with Gasteiger partial charge in [-0.2, -0.15) is 0 Å². The van der Waals surface area contributed by atoms with Gasteiger partial charge < -0.3 is 15.0 Å². The van der Waals surface area contributed by atoms with E-state index in [1.54, 1.807) is 0 Å². The van der Waals surface area contributed by atoms with Crippen LogP contribution in [0.4, 0.5) is 5.69 Å². The van der Waals surface area contributed by atoms with Crippen LogP contribution in [0.2, 0.25) is 0 Å². The fourth-order valence-electron chi connectivity index (χ4n) is 3.59. The summed E-state index contributed by atoms with van der Waals surface area (Å²) in [7, 11) is 1.84. The Kier molecular flexibility index (Phi) is 3.76. The maximum atomic E-state index is 5.53. The van der Waals surface area contributed by atoms with Crippen molar-refractivity contribution in [2.45, 2.75) is 19.3 Å².